The molecular formula is C20H17ClN4O4. The number of hydrogen-bond donors (Lipinski definition) is 4. The molecule has 0 atom stereocenters. The summed E-state index contributed by atoms with van der Waals surface area (Å²) in [6.07, 6.45) is 1.33. The number of anilines is 2. The quantitative estimate of drug-likeness (QED) is 0.461. The van der Waals surface area contributed by atoms with Gasteiger partial charge in [-0.25, -0.2) is 0 Å². The lowest BCUT2D eigenvalue weighted by atomic mass is 10.1. The maximum Gasteiger partial charge on any atom is 0.257 e. The highest BCUT2D eigenvalue weighted by Crippen LogP contribution is 2.20. The van der Waals surface area contributed by atoms with Crippen molar-refractivity contribution in [1.29, 1.82) is 0 Å². The molecule has 0 saturated heterocycles. The number of carbonyl (C=O) groups excluding carboxylic acids is 3. The second kappa shape index (κ2) is 8.49. The number of amides is 3. The molecule has 0 aliphatic heterocycles. The van der Waals surface area contributed by atoms with Gasteiger partial charge in [0.25, 0.3) is 17.7 Å². The average molecular weight is 413 g/mol. The van der Waals surface area contributed by atoms with E-state index in [1.54, 1.807) is 24.3 Å². The minimum atomic E-state index is -0.715. The fourth-order valence-electron chi connectivity index (χ4n) is 2.67. The molecule has 1 heterocycles. The number of para-hydroxylation sites is 1. The number of nitrogens with one attached hydrogen (secondary N) is 2. The number of nitrogen functional groups attached to an aromatic ring is 1. The third-order valence-corrected chi connectivity index (χ3v) is 4.41. The summed E-state index contributed by atoms with van der Waals surface area (Å²) in [6.45, 7) is 0.212. The van der Waals surface area contributed by atoms with Gasteiger partial charge in [0.15, 0.2) is 0 Å². The number of carbonyl (C=O) groups is 3. The number of nitrogens with two attached hydrogens (primary N) is 2. The van der Waals surface area contributed by atoms with Gasteiger partial charge < -0.3 is 26.5 Å². The molecule has 3 aromatic rings. The van der Waals surface area contributed by atoms with E-state index in [4.69, 9.17) is 27.5 Å². The Morgan fingerprint density at radius 3 is 2.38 bits per heavy atom. The summed E-state index contributed by atoms with van der Waals surface area (Å²) < 4.78 is 4.89. The lowest BCUT2D eigenvalue weighted by Crippen LogP contribution is -2.22. The molecule has 2 aromatic carbocycles. The average Bonchev–Trinajstić information content (AvgIpc) is 3.12. The standard InChI is InChI=1S/C20H17ClN4O4/c21-17-15(7-8-29-17)19(27)24-10-11-3-1-4-12(9-11)25-20(28)14-6-2-5-13(16(14)22)18(23)26/h1-9H,10,22H2,(H2,23,26)(H,24,27)(H,25,28). The highest BCUT2D eigenvalue weighted by Gasteiger charge is 2.16. The molecule has 3 amide bonds. The van der Waals surface area contributed by atoms with Gasteiger partial charge in [-0.15, -0.1) is 0 Å². The van der Waals surface area contributed by atoms with Crippen LogP contribution in [0.4, 0.5) is 11.4 Å². The van der Waals surface area contributed by atoms with E-state index >= 15 is 0 Å². The summed E-state index contributed by atoms with van der Waals surface area (Å²) in [7, 11) is 0. The van der Waals surface area contributed by atoms with Crippen LogP contribution in [-0.2, 0) is 6.54 Å². The van der Waals surface area contributed by atoms with Gasteiger partial charge in [-0.1, -0.05) is 18.2 Å². The van der Waals surface area contributed by atoms with E-state index in [-0.39, 0.29) is 40.0 Å². The van der Waals surface area contributed by atoms with Crippen LogP contribution in [0.3, 0.4) is 0 Å². The Labute approximate surface area is 170 Å². The second-order valence-corrected chi connectivity index (χ2v) is 6.42. The lowest BCUT2D eigenvalue weighted by molar-refractivity contribution is 0.0948. The van der Waals surface area contributed by atoms with Crippen molar-refractivity contribution in [2.45, 2.75) is 6.54 Å². The van der Waals surface area contributed by atoms with Crippen molar-refractivity contribution in [3.63, 3.8) is 0 Å². The summed E-state index contributed by atoms with van der Waals surface area (Å²) in [5, 5.41) is 5.44. The van der Waals surface area contributed by atoms with Crippen LogP contribution >= 0.6 is 11.6 Å². The Balaban J connectivity index is 1.69. The first-order valence-electron chi connectivity index (χ1n) is 8.46. The van der Waals surface area contributed by atoms with E-state index in [0.717, 1.165) is 5.56 Å². The molecule has 29 heavy (non-hydrogen) atoms. The van der Waals surface area contributed by atoms with Crippen LogP contribution in [0.1, 0.15) is 36.6 Å². The molecular weight excluding hydrogens is 396 g/mol. The summed E-state index contributed by atoms with van der Waals surface area (Å²) in [6, 6.07) is 12.8. The first kappa shape index (κ1) is 20.0. The van der Waals surface area contributed by atoms with E-state index in [9.17, 15) is 14.4 Å². The van der Waals surface area contributed by atoms with Gasteiger partial charge in [0, 0.05) is 12.2 Å². The van der Waals surface area contributed by atoms with Crippen molar-refractivity contribution in [3.05, 3.63) is 82.3 Å². The molecule has 148 valence electrons. The van der Waals surface area contributed by atoms with E-state index in [1.807, 2.05) is 0 Å². The van der Waals surface area contributed by atoms with Crippen molar-refractivity contribution in [2.24, 2.45) is 5.73 Å². The molecule has 0 saturated carbocycles. The summed E-state index contributed by atoms with van der Waals surface area (Å²) >= 11 is 5.79. The van der Waals surface area contributed by atoms with Crippen molar-refractivity contribution in [3.8, 4) is 0 Å². The number of halogens is 1. The number of furan rings is 1. The molecule has 3 rings (SSSR count). The molecule has 0 unspecified atom stereocenters. The molecule has 0 spiro atoms. The number of rotatable bonds is 6. The largest absolute Gasteiger partial charge is 0.452 e. The van der Waals surface area contributed by atoms with Crippen molar-refractivity contribution in [1.82, 2.24) is 5.32 Å². The summed E-state index contributed by atoms with van der Waals surface area (Å²) in [5.74, 6) is -1.58. The molecule has 0 fully saturated rings. The molecule has 6 N–H and O–H groups in total. The van der Waals surface area contributed by atoms with E-state index in [2.05, 4.69) is 10.6 Å². The van der Waals surface area contributed by atoms with Crippen molar-refractivity contribution >= 4 is 40.7 Å². The highest BCUT2D eigenvalue weighted by atomic mass is 35.5. The van der Waals surface area contributed by atoms with Gasteiger partial charge in [-0.05, 0) is 47.5 Å². The molecule has 9 heteroatoms. The predicted octanol–water partition coefficient (Wildman–Crippen LogP) is 2.80. The van der Waals surface area contributed by atoms with Gasteiger partial charge in [-0.2, -0.15) is 0 Å². The van der Waals surface area contributed by atoms with Crippen molar-refractivity contribution < 1.29 is 18.8 Å². The fourth-order valence-corrected chi connectivity index (χ4v) is 2.87. The van der Waals surface area contributed by atoms with Gasteiger partial charge >= 0.3 is 0 Å². The van der Waals surface area contributed by atoms with E-state index < -0.39 is 11.8 Å². The first-order chi connectivity index (χ1) is 13.9. The third-order valence-electron chi connectivity index (χ3n) is 4.12. The summed E-state index contributed by atoms with van der Waals surface area (Å²) in [5.41, 5.74) is 12.8. The Kier molecular flexibility index (Phi) is 5.85. The number of benzene rings is 2. The van der Waals surface area contributed by atoms with Crippen LogP contribution < -0.4 is 22.1 Å². The fraction of sp³-hybridized carbons (Fsp3) is 0.0500. The van der Waals surface area contributed by atoms with Gasteiger partial charge in [0.1, 0.15) is 0 Å². The van der Waals surface area contributed by atoms with Crippen LogP contribution in [-0.4, -0.2) is 17.7 Å². The van der Waals surface area contributed by atoms with Crippen LogP contribution in [0.15, 0.2) is 59.2 Å². The zero-order valence-electron chi connectivity index (χ0n) is 15.1. The van der Waals surface area contributed by atoms with Gasteiger partial charge in [0.2, 0.25) is 5.22 Å². The Morgan fingerprint density at radius 2 is 1.69 bits per heavy atom. The van der Waals surface area contributed by atoms with Gasteiger partial charge in [0.05, 0.1) is 28.6 Å². The summed E-state index contributed by atoms with van der Waals surface area (Å²) in [4.78, 5) is 36.0. The van der Waals surface area contributed by atoms with Gasteiger partial charge in [-0.3, -0.25) is 14.4 Å². The highest BCUT2D eigenvalue weighted by molar-refractivity contribution is 6.32. The molecule has 0 aliphatic rings. The minimum absolute atomic E-state index is 0.0120. The topological polar surface area (TPSA) is 140 Å². The SMILES string of the molecule is NC(=O)c1cccc(C(=O)Nc2cccc(CNC(=O)c3ccoc3Cl)c2)c1N. The normalized spacial score (nSPS) is 10.4. The smallest absolute Gasteiger partial charge is 0.257 e. The molecule has 0 radical (unpaired) electrons. The molecule has 0 bridgehead atoms. The zero-order chi connectivity index (χ0) is 21.0. The van der Waals surface area contributed by atoms with E-state index in [1.165, 1.54) is 30.5 Å². The maximum atomic E-state index is 12.5. The second-order valence-electron chi connectivity index (χ2n) is 6.08. The lowest BCUT2D eigenvalue weighted by Gasteiger charge is -2.11. The first-order valence-corrected chi connectivity index (χ1v) is 8.84. The third kappa shape index (κ3) is 4.56. The van der Waals surface area contributed by atoms with Crippen LogP contribution in [0.5, 0.6) is 0 Å². The predicted molar refractivity (Wildman–Crippen MR) is 109 cm³/mol. The Bertz CT molecular complexity index is 1090. The maximum absolute atomic E-state index is 12.5. The minimum Gasteiger partial charge on any atom is -0.452 e. The van der Waals surface area contributed by atoms with Crippen LogP contribution in [0.25, 0.3) is 0 Å². The Morgan fingerprint density at radius 1 is 0.966 bits per heavy atom. The van der Waals surface area contributed by atoms with Crippen molar-refractivity contribution in [2.75, 3.05) is 11.1 Å². The zero-order valence-corrected chi connectivity index (χ0v) is 15.8. The Hall–Kier alpha value is -3.78. The molecule has 0 aliphatic carbocycles. The van der Waals surface area contributed by atoms with Crippen LogP contribution in [0, 0.1) is 0 Å². The monoisotopic (exact) mass is 412 g/mol. The van der Waals surface area contributed by atoms with Crippen LogP contribution in [0.2, 0.25) is 5.22 Å². The molecule has 1 aromatic heterocycles. The number of primary amides is 1. The van der Waals surface area contributed by atoms with E-state index in [0.29, 0.717) is 5.69 Å². The number of hydrogen-bond acceptors (Lipinski definition) is 5. The molecule has 8 nitrogen and oxygen atoms in total.